The smallest absolute Gasteiger partial charge is 0.306 e. The highest BCUT2D eigenvalue weighted by Gasteiger charge is 2.19. The molecule has 0 aromatic rings. The standard InChI is InChI=1S/C62H98O6/c1-4-7-10-13-16-19-22-25-27-29-31-33-35-37-40-43-46-49-52-55-61(64)67-58-59(57-66-60(63)54-51-48-45-42-39-24-21-18-15-12-9-6-3)68-62(65)56-53-50-47-44-41-38-36-34-32-30-28-26-23-20-17-14-11-8-5-2/h7,9-10,12,16-21,23,25-27,31,33,37,39-40,42,46,49,59H,4-6,8,11,13-15,22,24,28-30,32,34-36,38,41,43-45,47-48,50-58H2,1-3H3/b10-7-,12-9-,19-16-,20-17-,21-18-,26-23-,27-25-,33-31-,40-37-,42-39-,49-46-. The van der Waals surface area contributed by atoms with Crippen molar-refractivity contribution in [2.45, 2.75) is 226 Å². The summed E-state index contributed by atoms with van der Waals surface area (Å²) in [6.07, 6.45) is 77.4. The van der Waals surface area contributed by atoms with Crippen LogP contribution in [0.5, 0.6) is 0 Å². The van der Waals surface area contributed by atoms with E-state index in [0.29, 0.717) is 25.7 Å². The molecule has 0 aliphatic carbocycles. The van der Waals surface area contributed by atoms with Crippen LogP contribution < -0.4 is 0 Å². The second kappa shape index (κ2) is 55.1. The minimum absolute atomic E-state index is 0.127. The van der Waals surface area contributed by atoms with Crippen molar-refractivity contribution in [3.8, 4) is 0 Å². The van der Waals surface area contributed by atoms with Crippen molar-refractivity contribution in [1.29, 1.82) is 0 Å². The normalized spacial score (nSPS) is 13.2. The molecule has 0 N–H and O–H groups in total. The Morgan fingerprint density at radius 3 is 1.10 bits per heavy atom. The summed E-state index contributed by atoms with van der Waals surface area (Å²) in [6.45, 7) is 6.26. The Morgan fingerprint density at radius 1 is 0.324 bits per heavy atom. The molecule has 0 aromatic carbocycles. The summed E-state index contributed by atoms with van der Waals surface area (Å²) in [6, 6.07) is 0. The predicted molar refractivity (Wildman–Crippen MR) is 292 cm³/mol. The Balaban J connectivity index is 4.53. The SMILES string of the molecule is CC/C=C\C/C=C\C/C=C\C/C=C\C/C=C\C/C=C\CCC(=O)OCC(COC(=O)CCCC/C=C\C/C=C\C/C=C\CC)OC(=O)CCCCCCCCCCCC/C=C\C=C/CCCCC. The number of carbonyl (C=O) groups is 3. The van der Waals surface area contributed by atoms with Gasteiger partial charge in [0.15, 0.2) is 6.10 Å². The summed E-state index contributed by atoms with van der Waals surface area (Å²) >= 11 is 0. The van der Waals surface area contributed by atoms with E-state index in [0.717, 1.165) is 89.9 Å². The van der Waals surface area contributed by atoms with Gasteiger partial charge in [-0.1, -0.05) is 219 Å². The summed E-state index contributed by atoms with van der Waals surface area (Å²) in [5.41, 5.74) is 0. The molecule has 0 rings (SSSR count). The van der Waals surface area contributed by atoms with Crippen LogP contribution in [0, 0.1) is 0 Å². The molecule has 0 spiro atoms. The van der Waals surface area contributed by atoms with Gasteiger partial charge in [0.2, 0.25) is 0 Å². The topological polar surface area (TPSA) is 78.9 Å². The molecular weight excluding hydrogens is 841 g/mol. The Kier molecular flexibility index (Phi) is 51.5. The molecule has 0 aromatic heterocycles. The molecule has 0 aliphatic heterocycles. The Bertz CT molecular complexity index is 1500. The third-order valence-electron chi connectivity index (χ3n) is 10.9. The van der Waals surface area contributed by atoms with E-state index in [1.165, 1.54) is 77.0 Å². The van der Waals surface area contributed by atoms with Crippen LogP contribution in [-0.4, -0.2) is 37.2 Å². The summed E-state index contributed by atoms with van der Waals surface area (Å²) in [5, 5.41) is 0. The first-order valence-electron chi connectivity index (χ1n) is 27.2. The van der Waals surface area contributed by atoms with E-state index in [2.05, 4.69) is 142 Å². The summed E-state index contributed by atoms with van der Waals surface area (Å²) in [5.74, 6) is -1.06. The van der Waals surface area contributed by atoms with E-state index in [1.807, 2.05) is 12.2 Å². The maximum Gasteiger partial charge on any atom is 0.306 e. The molecular formula is C62H98O6. The van der Waals surface area contributed by atoms with Gasteiger partial charge in [-0.15, -0.1) is 0 Å². The minimum Gasteiger partial charge on any atom is -0.462 e. The number of allylic oxidation sites excluding steroid dienone is 22. The van der Waals surface area contributed by atoms with Crippen molar-refractivity contribution in [3.63, 3.8) is 0 Å². The van der Waals surface area contributed by atoms with Crippen molar-refractivity contribution < 1.29 is 28.6 Å². The summed E-state index contributed by atoms with van der Waals surface area (Å²) in [7, 11) is 0. The Labute approximate surface area is 417 Å². The van der Waals surface area contributed by atoms with Gasteiger partial charge in [0, 0.05) is 19.3 Å². The number of hydrogen-bond acceptors (Lipinski definition) is 6. The van der Waals surface area contributed by atoms with Gasteiger partial charge in [0.05, 0.1) is 0 Å². The molecule has 382 valence electrons. The molecule has 1 unspecified atom stereocenters. The highest BCUT2D eigenvalue weighted by molar-refractivity contribution is 5.71. The number of rotatable bonds is 47. The molecule has 0 saturated carbocycles. The molecule has 0 amide bonds. The number of carbonyl (C=O) groups excluding carboxylic acids is 3. The first kappa shape index (κ1) is 63.5. The maximum atomic E-state index is 12.8. The van der Waals surface area contributed by atoms with E-state index in [1.54, 1.807) is 0 Å². The van der Waals surface area contributed by atoms with E-state index in [9.17, 15) is 14.4 Å². The van der Waals surface area contributed by atoms with Crippen LogP contribution in [0.3, 0.4) is 0 Å². The molecule has 1 atom stereocenters. The highest BCUT2D eigenvalue weighted by Crippen LogP contribution is 2.14. The van der Waals surface area contributed by atoms with Gasteiger partial charge in [0.1, 0.15) is 13.2 Å². The van der Waals surface area contributed by atoms with Crippen molar-refractivity contribution in [1.82, 2.24) is 0 Å². The number of unbranched alkanes of at least 4 members (excludes halogenated alkanes) is 15. The van der Waals surface area contributed by atoms with E-state index >= 15 is 0 Å². The zero-order valence-electron chi connectivity index (χ0n) is 43.6. The zero-order chi connectivity index (χ0) is 49.3. The molecule has 0 saturated heterocycles. The van der Waals surface area contributed by atoms with Crippen LogP contribution in [0.1, 0.15) is 220 Å². The van der Waals surface area contributed by atoms with Gasteiger partial charge >= 0.3 is 17.9 Å². The largest absolute Gasteiger partial charge is 0.462 e. The summed E-state index contributed by atoms with van der Waals surface area (Å²) in [4.78, 5) is 38.0. The van der Waals surface area contributed by atoms with Gasteiger partial charge in [0.25, 0.3) is 0 Å². The fourth-order valence-corrected chi connectivity index (χ4v) is 6.88. The number of esters is 3. The lowest BCUT2D eigenvalue weighted by Crippen LogP contribution is -2.30. The predicted octanol–water partition coefficient (Wildman–Crippen LogP) is 18.3. The zero-order valence-corrected chi connectivity index (χ0v) is 43.6. The van der Waals surface area contributed by atoms with Crippen molar-refractivity contribution >= 4 is 17.9 Å². The van der Waals surface area contributed by atoms with E-state index < -0.39 is 6.10 Å². The van der Waals surface area contributed by atoms with Gasteiger partial charge in [-0.25, -0.2) is 0 Å². The lowest BCUT2D eigenvalue weighted by atomic mass is 10.1. The number of ether oxygens (including phenoxy) is 3. The summed E-state index contributed by atoms with van der Waals surface area (Å²) < 4.78 is 16.7. The molecule has 0 heterocycles. The van der Waals surface area contributed by atoms with Crippen molar-refractivity contribution in [3.05, 3.63) is 134 Å². The number of hydrogen-bond donors (Lipinski definition) is 0. The molecule has 6 heteroatoms. The van der Waals surface area contributed by atoms with Crippen molar-refractivity contribution in [2.24, 2.45) is 0 Å². The Morgan fingerprint density at radius 2 is 0.647 bits per heavy atom. The van der Waals surface area contributed by atoms with E-state index in [-0.39, 0.29) is 37.5 Å². The second-order valence-corrected chi connectivity index (χ2v) is 17.4. The van der Waals surface area contributed by atoms with Crippen LogP contribution in [0.4, 0.5) is 0 Å². The van der Waals surface area contributed by atoms with Gasteiger partial charge < -0.3 is 14.2 Å². The highest BCUT2D eigenvalue weighted by atomic mass is 16.6. The van der Waals surface area contributed by atoms with Crippen molar-refractivity contribution in [2.75, 3.05) is 13.2 Å². The average Bonchev–Trinajstić information content (AvgIpc) is 3.34. The molecule has 68 heavy (non-hydrogen) atoms. The molecule has 0 fully saturated rings. The monoisotopic (exact) mass is 939 g/mol. The van der Waals surface area contributed by atoms with Crippen LogP contribution in [0.15, 0.2) is 134 Å². The van der Waals surface area contributed by atoms with Crippen LogP contribution in [0.25, 0.3) is 0 Å². The maximum absolute atomic E-state index is 12.8. The van der Waals surface area contributed by atoms with Crippen LogP contribution in [0.2, 0.25) is 0 Å². The van der Waals surface area contributed by atoms with Crippen LogP contribution >= 0.6 is 0 Å². The van der Waals surface area contributed by atoms with Gasteiger partial charge in [-0.2, -0.15) is 0 Å². The third-order valence-corrected chi connectivity index (χ3v) is 10.9. The van der Waals surface area contributed by atoms with Crippen LogP contribution in [-0.2, 0) is 28.6 Å². The van der Waals surface area contributed by atoms with Gasteiger partial charge in [-0.05, 0) is 116 Å². The fourth-order valence-electron chi connectivity index (χ4n) is 6.88. The molecule has 0 bridgehead atoms. The lowest BCUT2D eigenvalue weighted by Gasteiger charge is -2.18. The molecule has 0 aliphatic rings. The fraction of sp³-hybridized carbons (Fsp3) is 0.597. The van der Waals surface area contributed by atoms with E-state index in [4.69, 9.17) is 14.2 Å². The minimum atomic E-state index is -0.831. The average molecular weight is 939 g/mol. The Hall–Kier alpha value is -4.45. The first-order chi connectivity index (χ1) is 33.5. The second-order valence-electron chi connectivity index (χ2n) is 17.4. The molecule has 0 radical (unpaired) electrons. The first-order valence-corrected chi connectivity index (χ1v) is 27.2. The lowest BCUT2D eigenvalue weighted by molar-refractivity contribution is -0.166. The quantitative estimate of drug-likeness (QED) is 0.0199. The third kappa shape index (κ3) is 52.5. The molecule has 6 nitrogen and oxygen atoms in total. The van der Waals surface area contributed by atoms with Gasteiger partial charge in [-0.3, -0.25) is 14.4 Å².